The summed E-state index contributed by atoms with van der Waals surface area (Å²) in [7, 11) is -1.98. The molecule has 4 unspecified atom stereocenters. The van der Waals surface area contributed by atoms with Gasteiger partial charge in [0, 0.05) is 16.5 Å². The molecule has 0 amide bonds. The molecule has 0 spiro atoms. The van der Waals surface area contributed by atoms with Crippen molar-refractivity contribution >= 4 is 37.6 Å². The van der Waals surface area contributed by atoms with E-state index in [-0.39, 0.29) is 30.4 Å². The number of nitrogens with one attached hydrogen (secondary N) is 2. The van der Waals surface area contributed by atoms with E-state index in [4.69, 9.17) is 34.9 Å². The molecule has 1 fully saturated rings. The molecule has 0 radical (unpaired) electrons. The normalized spacial score (nSPS) is 20.0. The van der Waals surface area contributed by atoms with Crippen LogP contribution in [0.2, 0.25) is 5.02 Å². The minimum absolute atomic E-state index is 0.115. The van der Waals surface area contributed by atoms with Gasteiger partial charge in [-0.3, -0.25) is 4.79 Å². The molecule has 1 saturated heterocycles. The van der Waals surface area contributed by atoms with Gasteiger partial charge in [0.2, 0.25) is 5.88 Å². The van der Waals surface area contributed by atoms with Crippen LogP contribution in [-0.4, -0.2) is 53.7 Å². The van der Waals surface area contributed by atoms with Crippen LogP contribution in [0.1, 0.15) is 45.2 Å². The Morgan fingerprint density at radius 3 is 2.64 bits per heavy atom. The average molecular weight is 698 g/mol. The number of rotatable bonds is 13. The van der Waals surface area contributed by atoms with Crippen LogP contribution in [0, 0.1) is 5.92 Å². The van der Waals surface area contributed by atoms with E-state index in [9.17, 15) is 18.0 Å². The number of ether oxygens (including phenoxy) is 3. The van der Waals surface area contributed by atoms with E-state index >= 15 is 0 Å². The summed E-state index contributed by atoms with van der Waals surface area (Å²) in [6.45, 7) is 7.54. The Morgan fingerprint density at radius 2 is 1.91 bits per heavy atom. The fourth-order valence-electron chi connectivity index (χ4n) is 5.18. The number of halogens is 4. The highest BCUT2D eigenvalue weighted by atomic mass is 35.5. The van der Waals surface area contributed by atoms with Crippen LogP contribution in [-0.2, 0) is 31.6 Å². The number of benzene rings is 2. The highest BCUT2D eigenvalue weighted by Crippen LogP contribution is 2.43. The van der Waals surface area contributed by atoms with E-state index < -0.39 is 38.4 Å². The molecule has 1 aromatic heterocycles. The first kappa shape index (κ1) is 34.9. The lowest BCUT2D eigenvalue weighted by Crippen LogP contribution is -2.46. The van der Waals surface area contributed by atoms with E-state index in [0.29, 0.717) is 47.9 Å². The van der Waals surface area contributed by atoms with E-state index in [1.165, 1.54) is 38.4 Å². The number of aromatic nitrogens is 2. The number of esters is 1. The van der Waals surface area contributed by atoms with Gasteiger partial charge in [-0.25, -0.2) is 10.1 Å². The first-order chi connectivity index (χ1) is 22.4. The van der Waals surface area contributed by atoms with Crippen LogP contribution in [0.5, 0.6) is 11.6 Å². The smallest absolute Gasteiger partial charge is 0.416 e. The Bertz CT molecular complexity index is 1540. The summed E-state index contributed by atoms with van der Waals surface area (Å²) in [6.07, 6.45) is -3.07. The van der Waals surface area contributed by atoms with Crippen LogP contribution in [0.4, 0.5) is 24.7 Å². The molecular weight excluding hydrogens is 662 g/mol. The second kappa shape index (κ2) is 14.8. The summed E-state index contributed by atoms with van der Waals surface area (Å²) in [4.78, 5) is 23.8. The number of hydrogen-bond donors (Lipinski definition) is 2. The maximum Gasteiger partial charge on any atom is 0.416 e. The third-order valence-electron chi connectivity index (χ3n) is 7.47. The number of carbonyl (C=O) groups is 1. The van der Waals surface area contributed by atoms with Crippen LogP contribution in [0.25, 0.3) is 0 Å². The quantitative estimate of drug-likeness (QED) is 0.143. The standard InChI is InChI=1S/C31H36ClF3N5O6P/c1-5-42-27-25-26(36-17-37-27)40(18-38-25)28-19(2)14-23(45-28)16-44-47(46-22-12-10-21(32)11-13-22)39-30(3,4)29(41)43-15-20-8-6-7-9-24(20)31(33,34)35/h6-13,17,19,23,28,38-39H,5,14-16,18H2,1-4H3. The van der Waals surface area contributed by atoms with Crippen molar-refractivity contribution in [2.75, 3.05) is 30.1 Å². The van der Waals surface area contributed by atoms with Crippen molar-refractivity contribution in [2.45, 2.75) is 64.8 Å². The first-order valence-corrected chi connectivity index (χ1v) is 16.5. The Kier molecular flexibility index (Phi) is 11.0. The summed E-state index contributed by atoms with van der Waals surface area (Å²) in [5, 5.41) is 6.86. The molecule has 16 heteroatoms. The van der Waals surface area contributed by atoms with Crippen LogP contribution < -0.4 is 24.6 Å². The lowest BCUT2D eigenvalue weighted by atomic mass is 10.1. The van der Waals surface area contributed by atoms with E-state index in [1.807, 2.05) is 11.8 Å². The van der Waals surface area contributed by atoms with Gasteiger partial charge in [0.15, 0.2) is 5.82 Å². The maximum atomic E-state index is 13.5. The summed E-state index contributed by atoms with van der Waals surface area (Å²) in [5.74, 6) is 0.926. The number of hydrogen-bond acceptors (Lipinski definition) is 11. The molecule has 4 atom stereocenters. The molecule has 0 aliphatic carbocycles. The summed E-state index contributed by atoms with van der Waals surface area (Å²) >= 11 is 6.04. The van der Waals surface area contributed by atoms with Gasteiger partial charge in [-0.05, 0) is 57.5 Å². The molecule has 11 nitrogen and oxygen atoms in total. The van der Waals surface area contributed by atoms with E-state index in [1.54, 1.807) is 24.3 Å². The lowest BCUT2D eigenvalue weighted by Gasteiger charge is -2.30. The molecule has 0 bridgehead atoms. The number of nitrogens with zero attached hydrogens (tertiary/aromatic N) is 3. The van der Waals surface area contributed by atoms with Crippen molar-refractivity contribution in [1.82, 2.24) is 15.1 Å². The fraction of sp³-hybridized carbons (Fsp3) is 0.452. The molecule has 2 aliphatic rings. The Labute approximate surface area is 277 Å². The van der Waals surface area contributed by atoms with Crippen molar-refractivity contribution in [3.8, 4) is 11.6 Å². The molecule has 3 aromatic rings. The second-order valence-electron chi connectivity index (χ2n) is 11.5. The predicted octanol–water partition coefficient (Wildman–Crippen LogP) is 6.92. The molecule has 2 aliphatic heterocycles. The zero-order valence-corrected chi connectivity index (χ0v) is 27.9. The van der Waals surface area contributed by atoms with E-state index in [2.05, 4.69) is 27.3 Å². The highest BCUT2D eigenvalue weighted by molar-refractivity contribution is 7.45. The van der Waals surface area contributed by atoms with Gasteiger partial charge in [-0.1, -0.05) is 36.7 Å². The fourth-order valence-corrected chi connectivity index (χ4v) is 6.63. The van der Waals surface area contributed by atoms with Gasteiger partial charge >= 0.3 is 20.7 Å². The first-order valence-electron chi connectivity index (χ1n) is 15.0. The number of anilines is 2. The van der Waals surface area contributed by atoms with Crippen LogP contribution in [0.3, 0.4) is 0 Å². The van der Waals surface area contributed by atoms with Crippen molar-refractivity contribution < 1.29 is 41.2 Å². The molecule has 0 saturated carbocycles. The molecule has 2 aromatic carbocycles. The maximum absolute atomic E-state index is 13.5. The summed E-state index contributed by atoms with van der Waals surface area (Å²) < 4.78 is 70.0. The number of fused-ring (bicyclic) bond motifs is 1. The van der Waals surface area contributed by atoms with Crippen LogP contribution in [0.15, 0.2) is 54.9 Å². The van der Waals surface area contributed by atoms with Gasteiger partial charge in [0.25, 0.3) is 0 Å². The molecule has 2 N–H and O–H groups in total. The molecule has 3 heterocycles. The minimum atomic E-state index is -4.58. The van der Waals surface area contributed by atoms with Gasteiger partial charge in [-0.2, -0.15) is 18.2 Å². The summed E-state index contributed by atoms with van der Waals surface area (Å²) in [6, 6.07) is 11.6. The molecule has 5 rings (SSSR count). The van der Waals surface area contributed by atoms with Crippen molar-refractivity contribution in [1.29, 1.82) is 0 Å². The monoisotopic (exact) mass is 697 g/mol. The number of carbonyl (C=O) groups excluding carboxylic acids is 1. The SMILES string of the molecule is CCOc1ncnc2c1NCN2C1OC(COP(NC(C)(C)C(=O)OCc2ccccc2C(F)(F)F)Oc2ccc(Cl)cc2)CC1C. The third-order valence-corrected chi connectivity index (χ3v) is 9.23. The van der Waals surface area contributed by atoms with Gasteiger partial charge in [-0.15, -0.1) is 0 Å². The minimum Gasteiger partial charge on any atom is -0.476 e. The zero-order chi connectivity index (χ0) is 33.8. The largest absolute Gasteiger partial charge is 0.476 e. The summed E-state index contributed by atoms with van der Waals surface area (Å²) in [5.41, 5.74) is -1.71. The Hall–Kier alpha value is -3.42. The van der Waals surface area contributed by atoms with E-state index in [0.717, 1.165) is 6.07 Å². The molecular formula is C31H36ClF3N5O6P. The Morgan fingerprint density at radius 1 is 1.17 bits per heavy atom. The van der Waals surface area contributed by atoms with Crippen molar-refractivity contribution in [2.24, 2.45) is 5.92 Å². The van der Waals surface area contributed by atoms with Crippen molar-refractivity contribution in [3.63, 3.8) is 0 Å². The number of alkyl halides is 3. The van der Waals surface area contributed by atoms with Gasteiger partial charge in [0.1, 0.15) is 36.1 Å². The third kappa shape index (κ3) is 8.55. The Balaban J connectivity index is 1.24. The zero-order valence-electron chi connectivity index (χ0n) is 26.2. The topological polar surface area (TPSA) is 116 Å². The van der Waals surface area contributed by atoms with Gasteiger partial charge < -0.3 is 33.5 Å². The highest BCUT2D eigenvalue weighted by Gasteiger charge is 2.42. The lowest BCUT2D eigenvalue weighted by molar-refractivity contribution is -0.152. The second-order valence-corrected chi connectivity index (χ2v) is 13.2. The molecule has 254 valence electrons. The van der Waals surface area contributed by atoms with Crippen molar-refractivity contribution in [3.05, 3.63) is 71.0 Å². The molecule has 47 heavy (non-hydrogen) atoms. The van der Waals surface area contributed by atoms with Crippen LogP contribution >= 0.6 is 20.1 Å². The average Bonchev–Trinajstić information content (AvgIpc) is 3.62. The van der Waals surface area contributed by atoms with Gasteiger partial charge in [0.05, 0.1) is 31.5 Å². The predicted molar refractivity (Wildman–Crippen MR) is 170 cm³/mol.